The fourth-order valence-electron chi connectivity index (χ4n) is 2.19. The molecule has 1 fully saturated rings. The third-order valence-electron chi connectivity index (χ3n) is 3.35. The monoisotopic (exact) mass is 256 g/mol. The second-order valence-corrected chi connectivity index (χ2v) is 5.33. The van der Waals surface area contributed by atoms with Crippen LogP contribution in [0.5, 0.6) is 0 Å². The Balaban J connectivity index is 1.84. The van der Waals surface area contributed by atoms with E-state index in [0.29, 0.717) is 29.1 Å². The molecule has 1 aliphatic rings. The third-order valence-corrected chi connectivity index (χ3v) is 3.70. The molecular formula is C13H18ClFN2. The zero-order valence-electron chi connectivity index (χ0n) is 9.97. The van der Waals surface area contributed by atoms with Gasteiger partial charge in [-0.3, -0.25) is 0 Å². The molecule has 4 heteroatoms. The lowest BCUT2D eigenvalue weighted by Gasteiger charge is -2.32. The Labute approximate surface area is 106 Å². The molecule has 0 atom stereocenters. The Hall–Kier alpha value is -0.640. The van der Waals surface area contributed by atoms with Crippen molar-refractivity contribution in [2.75, 3.05) is 6.54 Å². The summed E-state index contributed by atoms with van der Waals surface area (Å²) >= 11 is 6.06. The van der Waals surface area contributed by atoms with Crippen molar-refractivity contribution in [2.45, 2.75) is 32.4 Å². The van der Waals surface area contributed by atoms with Crippen LogP contribution in [0.2, 0.25) is 5.02 Å². The molecule has 0 spiro atoms. The van der Waals surface area contributed by atoms with Crippen molar-refractivity contribution < 1.29 is 4.39 Å². The molecule has 0 bridgehead atoms. The van der Waals surface area contributed by atoms with Crippen LogP contribution in [0, 0.1) is 18.7 Å². The zero-order valence-corrected chi connectivity index (χ0v) is 10.7. The van der Waals surface area contributed by atoms with Crippen LogP contribution in [0.25, 0.3) is 0 Å². The number of hydrogen-bond acceptors (Lipinski definition) is 2. The van der Waals surface area contributed by atoms with Gasteiger partial charge in [-0.15, -0.1) is 0 Å². The highest BCUT2D eigenvalue weighted by Gasteiger charge is 2.25. The molecule has 1 aliphatic carbocycles. The number of rotatable bonds is 4. The van der Waals surface area contributed by atoms with Gasteiger partial charge in [-0.2, -0.15) is 0 Å². The van der Waals surface area contributed by atoms with E-state index < -0.39 is 0 Å². The van der Waals surface area contributed by atoms with E-state index in [-0.39, 0.29) is 5.82 Å². The van der Waals surface area contributed by atoms with Gasteiger partial charge in [0.05, 0.1) is 0 Å². The molecule has 1 saturated carbocycles. The topological polar surface area (TPSA) is 38.0 Å². The molecular weight excluding hydrogens is 239 g/mol. The molecule has 1 aromatic carbocycles. The summed E-state index contributed by atoms with van der Waals surface area (Å²) in [5, 5.41) is 3.93. The number of halogens is 2. The molecule has 0 aromatic heterocycles. The van der Waals surface area contributed by atoms with Gasteiger partial charge >= 0.3 is 0 Å². The molecule has 2 nitrogen and oxygen atoms in total. The zero-order chi connectivity index (χ0) is 12.4. The molecule has 94 valence electrons. The standard InChI is InChI=1S/C13H18ClFN2/c1-8-2-12(14)10(5-13(8)15)7-17-6-9-3-11(16)4-9/h2,5,9,11,17H,3-4,6-7,16H2,1H3. The fourth-order valence-corrected chi connectivity index (χ4v) is 2.47. The summed E-state index contributed by atoms with van der Waals surface area (Å²) < 4.78 is 13.4. The molecule has 2 rings (SSSR count). The van der Waals surface area contributed by atoms with Crippen molar-refractivity contribution >= 4 is 11.6 Å². The number of nitrogens with one attached hydrogen (secondary N) is 1. The van der Waals surface area contributed by atoms with Gasteiger partial charge in [0.25, 0.3) is 0 Å². The maximum Gasteiger partial charge on any atom is 0.126 e. The first-order valence-electron chi connectivity index (χ1n) is 5.97. The molecule has 17 heavy (non-hydrogen) atoms. The van der Waals surface area contributed by atoms with Crippen molar-refractivity contribution in [1.29, 1.82) is 0 Å². The van der Waals surface area contributed by atoms with Crippen LogP contribution in [0.15, 0.2) is 12.1 Å². The van der Waals surface area contributed by atoms with E-state index in [2.05, 4.69) is 5.32 Å². The van der Waals surface area contributed by atoms with Crippen LogP contribution in [0.3, 0.4) is 0 Å². The molecule has 0 amide bonds. The van der Waals surface area contributed by atoms with E-state index in [0.717, 1.165) is 24.9 Å². The largest absolute Gasteiger partial charge is 0.328 e. The smallest absolute Gasteiger partial charge is 0.126 e. The first kappa shape index (κ1) is 12.8. The highest BCUT2D eigenvalue weighted by molar-refractivity contribution is 6.31. The van der Waals surface area contributed by atoms with Crippen molar-refractivity contribution in [3.63, 3.8) is 0 Å². The molecule has 0 aliphatic heterocycles. The van der Waals surface area contributed by atoms with Crippen molar-refractivity contribution in [3.8, 4) is 0 Å². The van der Waals surface area contributed by atoms with Crippen LogP contribution >= 0.6 is 11.6 Å². The lowest BCUT2D eigenvalue weighted by atomic mass is 9.81. The summed E-state index contributed by atoms with van der Waals surface area (Å²) in [6, 6.07) is 3.56. The predicted molar refractivity (Wildman–Crippen MR) is 68.6 cm³/mol. The minimum absolute atomic E-state index is 0.197. The average Bonchev–Trinajstić information content (AvgIpc) is 2.22. The van der Waals surface area contributed by atoms with Gasteiger partial charge in [-0.05, 0) is 55.5 Å². The van der Waals surface area contributed by atoms with Gasteiger partial charge in [0.15, 0.2) is 0 Å². The number of aryl methyl sites for hydroxylation is 1. The van der Waals surface area contributed by atoms with Crippen molar-refractivity contribution in [3.05, 3.63) is 34.1 Å². The quantitative estimate of drug-likeness (QED) is 0.869. The SMILES string of the molecule is Cc1cc(Cl)c(CNCC2CC(N)C2)cc1F. The number of benzene rings is 1. The second-order valence-electron chi connectivity index (χ2n) is 4.92. The van der Waals surface area contributed by atoms with Crippen LogP contribution in [0.4, 0.5) is 4.39 Å². The summed E-state index contributed by atoms with van der Waals surface area (Å²) in [5.41, 5.74) is 7.12. The molecule has 0 radical (unpaired) electrons. The third kappa shape index (κ3) is 3.18. The number of nitrogens with two attached hydrogens (primary N) is 1. The van der Waals surface area contributed by atoms with E-state index >= 15 is 0 Å². The van der Waals surface area contributed by atoms with E-state index in [4.69, 9.17) is 17.3 Å². The van der Waals surface area contributed by atoms with Gasteiger partial charge in [0.2, 0.25) is 0 Å². The van der Waals surface area contributed by atoms with E-state index in [1.54, 1.807) is 13.0 Å². The van der Waals surface area contributed by atoms with Crippen LogP contribution in [-0.2, 0) is 6.54 Å². The summed E-state index contributed by atoms with van der Waals surface area (Å²) in [6.07, 6.45) is 2.17. The van der Waals surface area contributed by atoms with Gasteiger partial charge < -0.3 is 11.1 Å². The predicted octanol–water partition coefficient (Wildman–Crippen LogP) is 2.61. The Kier molecular flexibility index (Phi) is 4.02. The molecule has 3 N–H and O–H groups in total. The van der Waals surface area contributed by atoms with Gasteiger partial charge in [0.1, 0.15) is 5.82 Å². The number of hydrogen-bond donors (Lipinski definition) is 2. The fraction of sp³-hybridized carbons (Fsp3) is 0.538. The Morgan fingerprint density at radius 3 is 2.82 bits per heavy atom. The Bertz CT molecular complexity index is 403. The van der Waals surface area contributed by atoms with Crippen LogP contribution in [-0.4, -0.2) is 12.6 Å². The Morgan fingerprint density at radius 1 is 1.47 bits per heavy atom. The first-order valence-corrected chi connectivity index (χ1v) is 6.35. The molecule has 0 unspecified atom stereocenters. The normalized spacial score (nSPS) is 23.5. The average molecular weight is 257 g/mol. The lowest BCUT2D eigenvalue weighted by molar-refractivity contribution is 0.256. The molecule has 0 saturated heterocycles. The summed E-state index contributed by atoms with van der Waals surface area (Å²) in [7, 11) is 0. The van der Waals surface area contributed by atoms with E-state index in [1.807, 2.05) is 0 Å². The van der Waals surface area contributed by atoms with E-state index in [9.17, 15) is 4.39 Å². The highest BCUT2D eigenvalue weighted by Crippen LogP contribution is 2.25. The lowest BCUT2D eigenvalue weighted by Crippen LogP contribution is -2.41. The molecule has 1 aromatic rings. The van der Waals surface area contributed by atoms with Gasteiger partial charge in [-0.25, -0.2) is 4.39 Å². The maximum absolute atomic E-state index is 13.4. The summed E-state index contributed by atoms with van der Waals surface area (Å²) in [4.78, 5) is 0. The summed E-state index contributed by atoms with van der Waals surface area (Å²) in [5.74, 6) is 0.468. The van der Waals surface area contributed by atoms with Crippen molar-refractivity contribution in [2.24, 2.45) is 11.7 Å². The van der Waals surface area contributed by atoms with Gasteiger partial charge in [0, 0.05) is 17.6 Å². The minimum atomic E-state index is -0.197. The first-order chi connectivity index (χ1) is 8.06. The van der Waals surface area contributed by atoms with Crippen LogP contribution < -0.4 is 11.1 Å². The van der Waals surface area contributed by atoms with Gasteiger partial charge in [-0.1, -0.05) is 11.6 Å². The second kappa shape index (κ2) is 5.34. The Morgan fingerprint density at radius 2 is 2.18 bits per heavy atom. The van der Waals surface area contributed by atoms with E-state index in [1.165, 1.54) is 6.07 Å². The van der Waals surface area contributed by atoms with Crippen LogP contribution in [0.1, 0.15) is 24.0 Å². The summed E-state index contributed by atoms with van der Waals surface area (Å²) in [6.45, 7) is 3.26. The maximum atomic E-state index is 13.4. The minimum Gasteiger partial charge on any atom is -0.328 e. The highest BCUT2D eigenvalue weighted by atomic mass is 35.5. The molecule has 0 heterocycles. The van der Waals surface area contributed by atoms with Crippen molar-refractivity contribution in [1.82, 2.24) is 5.32 Å².